The van der Waals surface area contributed by atoms with Gasteiger partial charge in [-0.15, -0.1) is 0 Å². The number of hydrogen-bond acceptors (Lipinski definition) is 4. The lowest BCUT2D eigenvalue weighted by atomic mass is 10.1. The topological polar surface area (TPSA) is 49.4 Å². The number of sulfone groups is 1. The van der Waals surface area contributed by atoms with Crippen LogP contribution in [0.3, 0.4) is 0 Å². The third-order valence-corrected chi connectivity index (χ3v) is 3.23. The minimum absolute atomic E-state index is 0.146. The van der Waals surface area contributed by atoms with E-state index >= 15 is 0 Å². The van der Waals surface area contributed by atoms with Gasteiger partial charge < -0.3 is 10.2 Å². The molecule has 0 aliphatic carbocycles. The Morgan fingerprint density at radius 1 is 1.19 bits per heavy atom. The van der Waals surface area contributed by atoms with Gasteiger partial charge in [-0.2, -0.15) is 0 Å². The molecule has 0 aliphatic rings. The molecule has 0 unspecified atom stereocenters. The maximum Gasteiger partial charge on any atom is 0.147 e. The van der Waals surface area contributed by atoms with Crippen LogP contribution in [-0.4, -0.2) is 57.5 Å². The first kappa shape index (κ1) is 15.9. The summed E-state index contributed by atoms with van der Waals surface area (Å²) in [5.74, 6) is 0.282. The van der Waals surface area contributed by atoms with Crippen molar-refractivity contribution in [2.75, 3.05) is 38.7 Å². The smallest absolute Gasteiger partial charge is 0.147 e. The molecule has 0 amide bonds. The molecule has 0 spiro atoms. The first-order valence-electron chi connectivity index (χ1n) is 5.71. The van der Waals surface area contributed by atoms with Crippen molar-refractivity contribution in [3.63, 3.8) is 0 Å². The van der Waals surface area contributed by atoms with E-state index < -0.39 is 9.84 Å². The molecule has 0 aromatic rings. The first-order valence-corrected chi connectivity index (χ1v) is 7.77. The van der Waals surface area contributed by atoms with Crippen molar-refractivity contribution in [3.05, 3.63) is 0 Å². The van der Waals surface area contributed by atoms with E-state index in [1.807, 2.05) is 7.05 Å². The molecular formula is C11H26N2O2S. The lowest BCUT2D eigenvalue weighted by Gasteiger charge is -2.23. The minimum Gasteiger partial charge on any atom is -0.311 e. The van der Waals surface area contributed by atoms with E-state index in [0.717, 1.165) is 19.6 Å². The van der Waals surface area contributed by atoms with Gasteiger partial charge in [-0.3, -0.25) is 0 Å². The summed E-state index contributed by atoms with van der Waals surface area (Å²) in [5, 5.41) is 3.40. The zero-order valence-corrected chi connectivity index (χ0v) is 12.0. The number of hydrogen-bond donors (Lipinski definition) is 1. The lowest BCUT2D eigenvalue weighted by molar-refractivity contribution is 0.310. The zero-order chi connectivity index (χ0) is 12.8. The van der Waals surface area contributed by atoms with Crippen molar-refractivity contribution in [2.24, 2.45) is 0 Å². The van der Waals surface area contributed by atoms with Gasteiger partial charge in [0.15, 0.2) is 0 Å². The average molecular weight is 250 g/mol. The van der Waals surface area contributed by atoms with E-state index in [2.05, 4.69) is 31.0 Å². The summed E-state index contributed by atoms with van der Waals surface area (Å²) in [4.78, 5) is 2.16. The summed E-state index contributed by atoms with van der Waals surface area (Å²) in [7, 11) is -0.785. The van der Waals surface area contributed by atoms with Gasteiger partial charge in [0.05, 0.1) is 5.75 Å². The van der Waals surface area contributed by atoms with Crippen molar-refractivity contribution in [3.8, 4) is 0 Å². The van der Waals surface area contributed by atoms with Crippen LogP contribution in [0.25, 0.3) is 0 Å². The van der Waals surface area contributed by atoms with Crippen molar-refractivity contribution in [2.45, 2.75) is 32.7 Å². The van der Waals surface area contributed by atoms with E-state index in [9.17, 15) is 8.42 Å². The molecule has 16 heavy (non-hydrogen) atoms. The SMILES string of the molecule is CN(CCCS(C)(=O)=O)CCNC(C)(C)C. The third kappa shape index (κ3) is 11.9. The highest BCUT2D eigenvalue weighted by Gasteiger charge is 2.08. The van der Waals surface area contributed by atoms with Crippen LogP contribution in [0.2, 0.25) is 0 Å². The molecule has 5 heteroatoms. The van der Waals surface area contributed by atoms with E-state index in [4.69, 9.17) is 0 Å². The van der Waals surface area contributed by atoms with Gasteiger partial charge in [0.2, 0.25) is 0 Å². The summed E-state index contributed by atoms with van der Waals surface area (Å²) >= 11 is 0. The van der Waals surface area contributed by atoms with Gasteiger partial charge in [-0.1, -0.05) is 0 Å². The Morgan fingerprint density at radius 2 is 1.75 bits per heavy atom. The summed E-state index contributed by atoms with van der Waals surface area (Å²) in [5.41, 5.74) is 0.146. The van der Waals surface area contributed by atoms with Crippen molar-refractivity contribution >= 4 is 9.84 Å². The second-order valence-electron chi connectivity index (χ2n) is 5.46. The van der Waals surface area contributed by atoms with Gasteiger partial charge in [0.1, 0.15) is 9.84 Å². The van der Waals surface area contributed by atoms with Gasteiger partial charge in [0, 0.05) is 24.9 Å². The maximum atomic E-state index is 10.9. The molecule has 0 saturated heterocycles. The fourth-order valence-electron chi connectivity index (χ4n) is 1.33. The molecule has 0 bridgehead atoms. The molecular weight excluding hydrogens is 224 g/mol. The Kier molecular flexibility index (Phi) is 6.51. The number of nitrogens with one attached hydrogen (secondary N) is 1. The van der Waals surface area contributed by atoms with Gasteiger partial charge in [0.25, 0.3) is 0 Å². The van der Waals surface area contributed by atoms with Gasteiger partial charge in [-0.05, 0) is 40.8 Å². The number of nitrogens with zero attached hydrogens (tertiary/aromatic N) is 1. The monoisotopic (exact) mass is 250 g/mol. The Morgan fingerprint density at radius 3 is 2.19 bits per heavy atom. The predicted molar refractivity (Wildman–Crippen MR) is 69.6 cm³/mol. The fourth-order valence-corrected chi connectivity index (χ4v) is 1.98. The highest BCUT2D eigenvalue weighted by Crippen LogP contribution is 1.97. The van der Waals surface area contributed by atoms with Crippen molar-refractivity contribution < 1.29 is 8.42 Å². The van der Waals surface area contributed by atoms with Crippen molar-refractivity contribution in [1.29, 1.82) is 0 Å². The van der Waals surface area contributed by atoms with Crippen LogP contribution >= 0.6 is 0 Å². The number of likely N-dealkylation sites (N-methyl/N-ethyl adjacent to an activating group) is 1. The molecule has 0 radical (unpaired) electrons. The van der Waals surface area contributed by atoms with E-state index in [1.165, 1.54) is 6.26 Å². The van der Waals surface area contributed by atoms with Gasteiger partial charge >= 0.3 is 0 Å². The third-order valence-electron chi connectivity index (χ3n) is 2.20. The highest BCUT2D eigenvalue weighted by molar-refractivity contribution is 7.90. The Hall–Kier alpha value is -0.130. The maximum absolute atomic E-state index is 10.9. The summed E-state index contributed by atoms with van der Waals surface area (Å²) in [6, 6.07) is 0. The summed E-state index contributed by atoms with van der Waals surface area (Å²) in [6.45, 7) is 9.11. The molecule has 0 aliphatic heterocycles. The van der Waals surface area contributed by atoms with Crippen LogP contribution in [0.4, 0.5) is 0 Å². The van der Waals surface area contributed by atoms with Crippen LogP contribution < -0.4 is 5.32 Å². The molecule has 0 rings (SSSR count). The molecule has 0 fully saturated rings. The molecule has 0 aromatic heterocycles. The van der Waals surface area contributed by atoms with E-state index in [1.54, 1.807) is 0 Å². The molecule has 0 heterocycles. The summed E-state index contributed by atoms with van der Waals surface area (Å²) < 4.78 is 21.9. The van der Waals surface area contributed by atoms with Crippen LogP contribution in [0.1, 0.15) is 27.2 Å². The summed E-state index contributed by atoms with van der Waals surface area (Å²) in [6.07, 6.45) is 2.00. The van der Waals surface area contributed by atoms with E-state index in [0.29, 0.717) is 6.42 Å². The second kappa shape index (κ2) is 6.57. The molecule has 98 valence electrons. The zero-order valence-electron chi connectivity index (χ0n) is 11.2. The molecule has 0 aromatic carbocycles. The first-order chi connectivity index (χ1) is 7.10. The minimum atomic E-state index is -2.81. The molecule has 1 N–H and O–H groups in total. The standard InChI is InChI=1S/C11H26N2O2S/c1-11(2,3)12-7-9-13(4)8-6-10-16(5,14)15/h12H,6-10H2,1-5H3. The Balaban J connectivity index is 3.57. The van der Waals surface area contributed by atoms with E-state index in [-0.39, 0.29) is 11.3 Å². The van der Waals surface area contributed by atoms with Crippen LogP contribution in [0, 0.1) is 0 Å². The fraction of sp³-hybridized carbons (Fsp3) is 1.00. The highest BCUT2D eigenvalue weighted by atomic mass is 32.2. The molecule has 4 nitrogen and oxygen atoms in total. The Bertz CT molecular complexity index is 281. The number of rotatable bonds is 7. The van der Waals surface area contributed by atoms with Crippen molar-refractivity contribution in [1.82, 2.24) is 10.2 Å². The molecule has 0 atom stereocenters. The predicted octanol–water partition coefficient (Wildman–Crippen LogP) is 0.741. The van der Waals surface area contributed by atoms with Crippen LogP contribution in [-0.2, 0) is 9.84 Å². The largest absolute Gasteiger partial charge is 0.311 e. The average Bonchev–Trinajstić information content (AvgIpc) is 1.98. The second-order valence-corrected chi connectivity index (χ2v) is 7.72. The quantitative estimate of drug-likeness (QED) is 0.724. The molecule has 0 saturated carbocycles. The lowest BCUT2D eigenvalue weighted by Crippen LogP contribution is -2.40. The normalized spacial score (nSPS) is 13.4. The Labute approximate surface area is 100 Å². The van der Waals surface area contributed by atoms with Crippen LogP contribution in [0.15, 0.2) is 0 Å². The van der Waals surface area contributed by atoms with Gasteiger partial charge in [-0.25, -0.2) is 8.42 Å². The van der Waals surface area contributed by atoms with Crippen LogP contribution in [0.5, 0.6) is 0 Å².